The molecule has 0 fully saturated rings. The SMILES string of the molecule is CCCn1cc(C(CN)Nc2cccc(Cl)c2)cn1. The Bertz CT molecular complexity index is 524. The second-order valence-electron chi connectivity index (χ2n) is 4.48. The fourth-order valence-electron chi connectivity index (χ4n) is 1.97. The summed E-state index contributed by atoms with van der Waals surface area (Å²) in [5, 5.41) is 8.42. The van der Waals surface area contributed by atoms with Crippen LogP contribution < -0.4 is 11.1 Å². The molecule has 102 valence electrons. The number of anilines is 1. The lowest BCUT2D eigenvalue weighted by Crippen LogP contribution is -2.20. The molecule has 1 atom stereocenters. The number of nitrogens with two attached hydrogens (primary N) is 1. The number of hydrogen-bond acceptors (Lipinski definition) is 3. The minimum atomic E-state index is 0.0454. The average Bonchev–Trinajstić information content (AvgIpc) is 2.85. The first kappa shape index (κ1) is 13.9. The third-order valence-electron chi connectivity index (χ3n) is 2.91. The zero-order valence-electron chi connectivity index (χ0n) is 11.0. The quantitative estimate of drug-likeness (QED) is 0.854. The Morgan fingerprint density at radius 3 is 3.00 bits per heavy atom. The molecule has 1 aromatic carbocycles. The summed E-state index contributed by atoms with van der Waals surface area (Å²) in [6.45, 7) is 3.56. The van der Waals surface area contributed by atoms with Crippen molar-refractivity contribution in [1.29, 1.82) is 0 Å². The summed E-state index contributed by atoms with van der Waals surface area (Å²) in [6.07, 6.45) is 4.97. The van der Waals surface area contributed by atoms with Crippen molar-refractivity contribution in [3.8, 4) is 0 Å². The Hall–Kier alpha value is -1.52. The van der Waals surface area contributed by atoms with Crippen LogP contribution in [0.1, 0.15) is 24.9 Å². The smallest absolute Gasteiger partial charge is 0.0667 e. The summed E-state index contributed by atoms with van der Waals surface area (Å²) in [5.74, 6) is 0. The lowest BCUT2D eigenvalue weighted by molar-refractivity contribution is 0.601. The van der Waals surface area contributed by atoms with E-state index in [1.54, 1.807) is 0 Å². The Kier molecular flexibility index (Phi) is 4.82. The van der Waals surface area contributed by atoms with Crippen LogP contribution in [-0.2, 0) is 6.54 Å². The van der Waals surface area contributed by atoms with Gasteiger partial charge in [-0.1, -0.05) is 24.6 Å². The number of hydrogen-bond donors (Lipinski definition) is 2. The highest BCUT2D eigenvalue weighted by molar-refractivity contribution is 6.30. The summed E-state index contributed by atoms with van der Waals surface area (Å²) in [6, 6.07) is 7.68. The van der Waals surface area contributed by atoms with Crippen LogP contribution in [0.3, 0.4) is 0 Å². The van der Waals surface area contributed by atoms with E-state index >= 15 is 0 Å². The predicted octanol–water partition coefficient (Wildman–Crippen LogP) is 3.06. The van der Waals surface area contributed by atoms with Gasteiger partial charge < -0.3 is 11.1 Å². The van der Waals surface area contributed by atoms with Gasteiger partial charge >= 0.3 is 0 Å². The van der Waals surface area contributed by atoms with Gasteiger partial charge in [-0.25, -0.2) is 0 Å². The van der Waals surface area contributed by atoms with E-state index in [1.165, 1.54) is 0 Å². The Morgan fingerprint density at radius 1 is 1.47 bits per heavy atom. The maximum absolute atomic E-state index is 5.98. The predicted molar refractivity (Wildman–Crippen MR) is 79.4 cm³/mol. The van der Waals surface area contributed by atoms with Crippen molar-refractivity contribution in [2.24, 2.45) is 5.73 Å². The maximum Gasteiger partial charge on any atom is 0.0667 e. The van der Waals surface area contributed by atoms with E-state index in [9.17, 15) is 0 Å². The Labute approximate surface area is 118 Å². The maximum atomic E-state index is 5.98. The second-order valence-corrected chi connectivity index (χ2v) is 4.92. The van der Waals surface area contributed by atoms with Gasteiger partial charge in [0.05, 0.1) is 12.2 Å². The van der Waals surface area contributed by atoms with Crippen molar-refractivity contribution in [3.63, 3.8) is 0 Å². The van der Waals surface area contributed by atoms with Crippen LogP contribution in [0, 0.1) is 0 Å². The lowest BCUT2D eigenvalue weighted by atomic mass is 10.1. The molecule has 0 spiro atoms. The van der Waals surface area contributed by atoms with E-state index < -0.39 is 0 Å². The molecule has 1 aromatic heterocycles. The molecule has 0 saturated heterocycles. The molecule has 19 heavy (non-hydrogen) atoms. The Balaban J connectivity index is 2.10. The van der Waals surface area contributed by atoms with Crippen molar-refractivity contribution in [2.75, 3.05) is 11.9 Å². The molecule has 1 heterocycles. The van der Waals surface area contributed by atoms with E-state index in [1.807, 2.05) is 41.3 Å². The zero-order valence-corrected chi connectivity index (χ0v) is 11.8. The minimum absolute atomic E-state index is 0.0454. The van der Waals surface area contributed by atoms with Crippen molar-refractivity contribution in [3.05, 3.63) is 47.2 Å². The molecule has 0 bridgehead atoms. The number of aryl methyl sites for hydroxylation is 1. The molecule has 0 saturated carbocycles. The van der Waals surface area contributed by atoms with Gasteiger partial charge in [0.15, 0.2) is 0 Å². The Morgan fingerprint density at radius 2 is 2.32 bits per heavy atom. The van der Waals surface area contributed by atoms with Gasteiger partial charge in [0.25, 0.3) is 0 Å². The number of rotatable bonds is 6. The molecule has 1 unspecified atom stereocenters. The number of benzene rings is 1. The number of halogens is 1. The number of nitrogens with one attached hydrogen (secondary N) is 1. The van der Waals surface area contributed by atoms with Gasteiger partial charge in [-0.3, -0.25) is 4.68 Å². The van der Waals surface area contributed by atoms with Crippen LogP contribution in [0.2, 0.25) is 5.02 Å². The fourth-order valence-corrected chi connectivity index (χ4v) is 2.16. The number of nitrogens with zero attached hydrogens (tertiary/aromatic N) is 2. The summed E-state index contributed by atoms with van der Waals surface area (Å²) in [5.41, 5.74) is 7.90. The van der Waals surface area contributed by atoms with Gasteiger partial charge in [0.1, 0.15) is 0 Å². The molecule has 0 amide bonds. The normalized spacial score (nSPS) is 12.4. The number of aromatic nitrogens is 2. The molecule has 2 rings (SSSR count). The zero-order chi connectivity index (χ0) is 13.7. The highest BCUT2D eigenvalue weighted by Crippen LogP contribution is 2.21. The van der Waals surface area contributed by atoms with E-state index in [2.05, 4.69) is 17.3 Å². The fraction of sp³-hybridized carbons (Fsp3) is 0.357. The van der Waals surface area contributed by atoms with Gasteiger partial charge in [0.2, 0.25) is 0 Å². The third kappa shape index (κ3) is 3.72. The molecule has 2 aromatic rings. The second kappa shape index (κ2) is 6.59. The summed E-state index contributed by atoms with van der Waals surface area (Å²) in [4.78, 5) is 0. The average molecular weight is 279 g/mol. The molecular formula is C14H19ClN4. The van der Waals surface area contributed by atoms with Crippen LogP contribution in [0.25, 0.3) is 0 Å². The van der Waals surface area contributed by atoms with Crippen LogP contribution in [0.5, 0.6) is 0 Å². The highest BCUT2D eigenvalue weighted by atomic mass is 35.5. The van der Waals surface area contributed by atoms with Crippen molar-refractivity contribution < 1.29 is 0 Å². The monoisotopic (exact) mass is 278 g/mol. The minimum Gasteiger partial charge on any atom is -0.377 e. The first-order valence-electron chi connectivity index (χ1n) is 6.47. The molecule has 0 aliphatic rings. The van der Waals surface area contributed by atoms with Crippen LogP contribution >= 0.6 is 11.6 Å². The topological polar surface area (TPSA) is 55.9 Å². The van der Waals surface area contributed by atoms with Gasteiger partial charge in [0, 0.05) is 35.6 Å². The van der Waals surface area contributed by atoms with E-state index in [0.29, 0.717) is 11.6 Å². The first-order valence-corrected chi connectivity index (χ1v) is 6.85. The molecule has 0 aliphatic carbocycles. The van der Waals surface area contributed by atoms with Crippen molar-refractivity contribution >= 4 is 17.3 Å². The lowest BCUT2D eigenvalue weighted by Gasteiger charge is -2.16. The van der Waals surface area contributed by atoms with Gasteiger partial charge in [-0.15, -0.1) is 0 Å². The standard InChI is InChI=1S/C14H19ClN4/c1-2-6-19-10-11(9-17-19)14(8-16)18-13-5-3-4-12(15)7-13/h3-5,7,9-10,14,18H,2,6,8,16H2,1H3. The summed E-state index contributed by atoms with van der Waals surface area (Å²) in [7, 11) is 0. The molecule has 5 heteroatoms. The van der Waals surface area contributed by atoms with Crippen LogP contribution in [0.15, 0.2) is 36.7 Å². The van der Waals surface area contributed by atoms with Crippen molar-refractivity contribution in [2.45, 2.75) is 25.9 Å². The van der Waals surface area contributed by atoms with Crippen LogP contribution in [-0.4, -0.2) is 16.3 Å². The van der Waals surface area contributed by atoms with E-state index in [0.717, 1.165) is 24.2 Å². The van der Waals surface area contributed by atoms with Gasteiger partial charge in [-0.2, -0.15) is 5.10 Å². The first-order chi connectivity index (χ1) is 9.22. The molecule has 3 N–H and O–H groups in total. The van der Waals surface area contributed by atoms with Crippen molar-refractivity contribution in [1.82, 2.24) is 9.78 Å². The van der Waals surface area contributed by atoms with E-state index in [-0.39, 0.29) is 6.04 Å². The third-order valence-corrected chi connectivity index (χ3v) is 3.14. The summed E-state index contributed by atoms with van der Waals surface area (Å²) < 4.78 is 1.94. The molecular weight excluding hydrogens is 260 g/mol. The van der Waals surface area contributed by atoms with E-state index in [4.69, 9.17) is 17.3 Å². The molecule has 0 radical (unpaired) electrons. The largest absolute Gasteiger partial charge is 0.377 e. The van der Waals surface area contributed by atoms with Crippen LogP contribution in [0.4, 0.5) is 5.69 Å². The van der Waals surface area contributed by atoms with Gasteiger partial charge in [-0.05, 0) is 24.6 Å². The summed E-state index contributed by atoms with van der Waals surface area (Å²) >= 11 is 5.98. The molecule has 0 aliphatic heterocycles. The highest BCUT2D eigenvalue weighted by Gasteiger charge is 2.11. The molecule has 4 nitrogen and oxygen atoms in total.